The fourth-order valence-electron chi connectivity index (χ4n) is 0.724. The van der Waals surface area contributed by atoms with Crippen molar-refractivity contribution in [3.63, 3.8) is 0 Å². The second-order valence-electron chi connectivity index (χ2n) is 2.96. The van der Waals surface area contributed by atoms with Crippen LogP contribution in [0, 0.1) is 12.3 Å². The maximum Gasteiger partial charge on any atom is 0.0673 e. The standard InChI is InChI=1S/C9H17NO/c1-4-5-6-9(11)7-10-8(2)3/h1,8-11H,5-7H2,2-3H3. The van der Waals surface area contributed by atoms with Crippen molar-refractivity contribution in [1.29, 1.82) is 0 Å². The smallest absolute Gasteiger partial charge is 0.0673 e. The van der Waals surface area contributed by atoms with Crippen LogP contribution >= 0.6 is 0 Å². The minimum absolute atomic E-state index is 0.298. The molecule has 0 saturated heterocycles. The molecule has 2 heteroatoms. The lowest BCUT2D eigenvalue weighted by Crippen LogP contribution is -2.31. The van der Waals surface area contributed by atoms with Crippen LogP contribution in [0.4, 0.5) is 0 Å². The Morgan fingerprint density at radius 3 is 2.64 bits per heavy atom. The molecule has 0 aromatic rings. The molecule has 0 fully saturated rings. The van der Waals surface area contributed by atoms with Crippen molar-refractivity contribution >= 4 is 0 Å². The zero-order valence-electron chi connectivity index (χ0n) is 7.30. The Labute approximate surface area is 69.0 Å². The van der Waals surface area contributed by atoms with E-state index in [2.05, 4.69) is 11.2 Å². The van der Waals surface area contributed by atoms with Gasteiger partial charge >= 0.3 is 0 Å². The first-order valence-corrected chi connectivity index (χ1v) is 4.01. The number of nitrogens with one attached hydrogen (secondary N) is 1. The van der Waals surface area contributed by atoms with Gasteiger partial charge in [-0.3, -0.25) is 0 Å². The number of aliphatic hydroxyl groups is 1. The van der Waals surface area contributed by atoms with Crippen molar-refractivity contribution < 1.29 is 5.11 Å². The SMILES string of the molecule is C#CCCC(O)CNC(C)C. The second kappa shape index (κ2) is 6.21. The number of hydrogen-bond donors (Lipinski definition) is 2. The van der Waals surface area contributed by atoms with Gasteiger partial charge in [0, 0.05) is 19.0 Å². The Hall–Kier alpha value is -0.520. The first-order valence-electron chi connectivity index (χ1n) is 4.01. The first-order chi connectivity index (χ1) is 5.16. The fraction of sp³-hybridized carbons (Fsp3) is 0.778. The topological polar surface area (TPSA) is 32.3 Å². The Morgan fingerprint density at radius 1 is 1.55 bits per heavy atom. The molecule has 2 N–H and O–H groups in total. The van der Waals surface area contributed by atoms with E-state index >= 15 is 0 Å². The number of terminal acetylenes is 1. The van der Waals surface area contributed by atoms with E-state index in [-0.39, 0.29) is 6.10 Å². The molecule has 0 spiro atoms. The highest BCUT2D eigenvalue weighted by Crippen LogP contribution is 1.94. The Kier molecular flexibility index (Phi) is 5.91. The average Bonchev–Trinajstić information content (AvgIpc) is 1.97. The average molecular weight is 155 g/mol. The molecule has 0 aliphatic heterocycles. The van der Waals surface area contributed by atoms with Crippen LogP contribution in [0.3, 0.4) is 0 Å². The van der Waals surface area contributed by atoms with Gasteiger partial charge in [-0.1, -0.05) is 13.8 Å². The summed E-state index contributed by atoms with van der Waals surface area (Å²) in [6.45, 7) is 4.74. The van der Waals surface area contributed by atoms with Crippen molar-refractivity contribution in [2.45, 2.75) is 38.8 Å². The number of hydrogen-bond acceptors (Lipinski definition) is 2. The molecule has 1 unspecified atom stereocenters. The third-order valence-corrected chi connectivity index (χ3v) is 1.38. The van der Waals surface area contributed by atoms with Gasteiger partial charge in [-0.25, -0.2) is 0 Å². The summed E-state index contributed by atoms with van der Waals surface area (Å²) in [6.07, 6.45) is 6.10. The zero-order chi connectivity index (χ0) is 8.69. The first kappa shape index (κ1) is 10.5. The van der Waals surface area contributed by atoms with E-state index in [9.17, 15) is 5.11 Å². The molecule has 64 valence electrons. The highest BCUT2D eigenvalue weighted by atomic mass is 16.3. The van der Waals surface area contributed by atoms with Gasteiger partial charge in [0.1, 0.15) is 0 Å². The highest BCUT2D eigenvalue weighted by Gasteiger charge is 2.02. The Balaban J connectivity index is 3.23. The van der Waals surface area contributed by atoms with Gasteiger partial charge in [0.15, 0.2) is 0 Å². The monoisotopic (exact) mass is 155 g/mol. The van der Waals surface area contributed by atoms with Gasteiger partial charge in [-0.2, -0.15) is 0 Å². The van der Waals surface area contributed by atoms with Gasteiger partial charge in [-0.05, 0) is 6.42 Å². The van der Waals surface area contributed by atoms with Crippen molar-refractivity contribution in [3.8, 4) is 12.3 Å². The van der Waals surface area contributed by atoms with Crippen LogP contribution in [0.1, 0.15) is 26.7 Å². The molecule has 0 aromatic heterocycles. The largest absolute Gasteiger partial charge is 0.392 e. The molecule has 11 heavy (non-hydrogen) atoms. The van der Waals surface area contributed by atoms with Crippen LogP contribution in [0.15, 0.2) is 0 Å². The zero-order valence-corrected chi connectivity index (χ0v) is 7.30. The quantitative estimate of drug-likeness (QED) is 0.574. The summed E-state index contributed by atoms with van der Waals surface area (Å²) in [5.41, 5.74) is 0. The van der Waals surface area contributed by atoms with Gasteiger partial charge in [0.25, 0.3) is 0 Å². The summed E-state index contributed by atoms with van der Waals surface area (Å²) in [5.74, 6) is 2.50. The third-order valence-electron chi connectivity index (χ3n) is 1.38. The maximum absolute atomic E-state index is 9.27. The van der Waals surface area contributed by atoms with Crippen LogP contribution in [0.25, 0.3) is 0 Å². The molecule has 0 rings (SSSR count). The summed E-state index contributed by atoms with van der Waals surface area (Å²) in [5, 5.41) is 12.4. The summed E-state index contributed by atoms with van der Waals surface area (Å²) < 4.78 is 0. The molecule has 0 saturated carbocycles. The molecule has 0 aromatic carbocycles. The lowest BCUT2D eigenvalue weighted by molar-refractivity contribution is 0.160. The van der Waals surface area contributed by atoms with Gasteiger partial charge < -0.3 is 10.4 Å². The number of rotatable bonds is 5. The summed E-state index contributed by atoms with van der Waals surface area (Å²) >= 11 is 0. The van der Waals surface area contributed by atoms with E-state index in [4.69, 9.17) is 6.42 Å². The van der Waals surface area contributed by atoms with Crippen molar-refractivity contribution in [2.24, 2.45) is 0 Å². The minimum atomic E-state index is -0.298. The third kappa shape index (κ3) is 7.38. The van der Waals surface area contributed by atoms with Crippen molar-refractivity contribution in [3.05, 3.63) is 0 Å². The van der Waals surface area contributed by atoms with Crippen LogP contribution in [-0.4, -0.2) is 23.8 Å². The Morgan fingerprint density at radius 2 is 2.18 bits per heavy atom. The molecule has 0 amide bonds. The van der Waals surface area contributed by atoms with E-state index in [0.717, 1.165) is 0 Å². The van der Waals surface area contributed by atoms with E-state index in [0.29, 0.717) is 25.4 Å². The van der Waals surface area contributed by atoms with Crippen LogP contribution in [-0.2, 0) is 0 Å². The molecule has 2 nitrogen and oxygen atoms in total. The summed E-state index contributed by atoms with van der Waals surface area (Å²) in [4.78, 5) is 0. The summed E-state index contributed by atoms with van der Waals surface area (Å²) in [6, 6.07) is 0.426. The normalized spacial score (nSPS) is 13.0. The second-order valence-corrected chi connectivity index (χ2v) is 2.96. The van der Waals surface area contributed by atoms with E-state index in [1.807, 2.05) is 13.8 Å². The van der Waals surface area contributed by atoms with E-state index < -0.39 is 0 Å². The molecule has 0 aliphatic carbocycles. The maximum atomic E-state index is 9.27. The van der Waals surface area contributed by atoms with Crippen molar-refractivity contribution in [1.82, 2.24) is 5.32 Å². The molecule has 0 radical (unpaired) electrons. The predicted octanol–water partition coefficient (Wildman–Crippen LogP) is 0.759. The van der Waals surface area contributed by atoms with Crippen LogP contribution in [0.5, 0.6) is 0 Å². The lowest BCUT2D eigenvalue weighted by Gasteiger charge is -2.12. The van der Waals surface area contributed by atoms with Gasteiger partial charge in [-0.15, -0.1) is 12.3 Å². The highest BCUT2D eigenvalue weighted by molar-refractivity contribution is 4.84. The molecule has 0 bridgehead atoms. The van der Waals surface area contributed by atoms with Gasteiger partial charge in [0.05, 0.1) is 6.10 Å². The fourth-order valence-corrected chi connectivity index (χ4v) is 0.724. The summed E-state index contributed by atoms with van der Waals surface area (Å²) in [7, 11) is 0. The van der Waals surface area contributed by atoms with E-state index in [1.54, 1.807) is 0 Å². The van der Waals surface area contributed by atoms with Gasteiger partial charge in [0.2, 0.25) is 0 Å². The number of aliphatic hydroxyl groups excluding tert-OH is 1. The molecular weight excluding hydrogens is 138 g/mol. The van der Waals surface area contributed by atoms with Crippen LogP contribution < -0.4 is 5.32 Å². The van der Waals surface area contributed by atoms with E-state index in [1.165, 1.54) is 0 Å². The molecule has 0 heterocycles. The molecular formula is C9H17NO. The minimum Gasteiger partial charge on any atom is -0.392 e. The molecule has 1 atom stereocenters. The van der Waals surface area contributed by atoms with Crippen LogP contribution in [0.2, 0.25) is 0 Å². The van der Waals surface area contributed by atoms with Crippen molar-refractivity contribution in [2.75, 3.05) is 6.54 Å². The predicted molar refractivity (Wildman–Crippen MR) is 47.2 cm³/mol. The Bertz CT molecular complexity index is 126. The lowest BCUT2D eigenvalue weighted by atomic mass is 10.2. The molecule has 0 aliphatic rings.